The van der Waals surface area contributed by atoms with E-state index in [1.165, 1.54) is 12.8 Å². The molecule has 0 fully saturated rings. The number of aliphatic carboxylic acids is 1. The summed E-state index contributed by atoms with van der Waals surface area (Å²) < 4.78 is 0. The van der Waals surface area contributed by atoms with Gasteiger partial charge in [0, 0.05) is 12.1 Å². The second-order valence-corrected chi connectivity index (χ2v) is 6.05. The molecule has 0 amide bonds. The fourth-order valence-electron chi connectivity index (χ4n) is 1.80. The van der Waals surface area contributed by atoms with Gasteiger partial charge >= 0.3 is 5.97 Å². The van der Waals surface area contributed by atoms with Gasteiger partial charge in [-0.25, -0.2) is 4.79 Å². The molecule has 112 valence electrons. The Morgan fingerprint density at radius 3 is 1.89 bits per heavy atom. The molecule has 0 aromatic rings. The lowest BCUT2D eigenvalue weighted by Gasteiger charge is -2.23. The van der Waals surface area contributed by atoms with Crippen molar-refractivity contribution in [3.8, 4) is 0 Å². The molecule has 0 unspecified atom stereocenters. The van der Waals surface area contributed by atoms with E-state index in [0.717, 1.165) is 19.6 Å². The largest absolute Gasteiger partial charge is 0.478 e. The van der Waals surface area contributed by atoms with Crippen molar-refractivity contribution in [1.82, 2.24) is 4.90 Å². The van der Waals surface area contributed by atoms with Crippen LogP contribution in [-0.4, -0.2) is 35.6 Å². The maximum absolute atomic E-state index is 11.0. The molecule has 0 spiro atoms. The van der Waals surface area contributed by atoms with Crippen LogP contribution in [0.2, 0.25) is 0 Å². The first-order valence-electron chi connectivity index (χ1n) is 7.51. The van der Waals surface area contributed by atoms with Crippen LogP contribution in [0.25, 0.3) is 0 Å². The van der Waals surface area contributed by atoms with Crippen LogP contribution in [0.4, 0.5) is 0 Å². The van der Waals surface area contributed by atoms with E-state index in [2.05, 4.69) is 32.6 Å². The predicted molar refractivity (Wildman–Crippen MR) is 81.4 cm³/mol. The van der Waals surface area contributed by atoms with Gasteiger partial charge in [-0.05, 0) is 44.2 Å². The Morgan fingerprint density at radius 1 is 1.11 bits per heavy atom. The number of nitrogens with zero attached hydrogens (tertiary/aromatic N) is 1. The van der Waals surface area contributed by atoms with Gasteiger partial charge in [0.05, 0.1) is 0 Å². The zero-order valence-electron chi connectivity index (χ0n) is 13.3. The summed E-state index contributed by atoms with van der Waals surface area (Å²) in [6, 6.07) is 0. The van der Waals surface area contributed by atoms with Gasteiger partial charge in [-0.1, -0.05) is 40.7 Å². The molecule has 0 aliphatic heterocycles. The summed E-state index contributed by atoms with van der Waals surface area (Å²) in [5, 5.41) is 9.04. The lowest BCUT2D eigenvalue weighted by atomic mass is 10.1. The number of rotatable bonds is 10. The average Bonchev–Trinajstić information content (AvgIpc) is 2.31. The molecule has 0 radical (unpaired) electrons. The third-order valence-corrected chi connectivity index (χ3v) is 3.30. The molecule has 3 heteroatoms. The lowest BCUT2D eigenvalue weighted by molar-refractivity contribution is -0.132. The summed E-state index contributed by atoms with van der Waals surface area (Å²) in [6.45, 7) is 13.7. The van der Waals surface area contributed by atoms with Crippen molar-refractivity contribution >= 4 is 5.97 Å². The smallest absolute Gasteiger partial charge is 0.331 e. The minimum atomic E-state index is -0.782. The van der Waals surface area contributed by atoms with Crippen LogP contribution in [0.3, 0.4) is 0 Å². The number of hydrogen-bond acceptors (Lipinski definition) is 2. The van der Waals surface area contributed by atoms with Gasteiger partial charge in [0.1, 0.15) is 0 Å². The monoisotopic (exact) mass is 269 g/mol. The van der Waals surface area contributed by atoms with Crippen molar-refractivity contribution in [2.45, 2.75) is 53.9 Å². The molecular formula is C16H31NO2. The number of carbonyl (C=O) groups is 1. The van der Waals surface area contributed by atoms with E-state index in [1.54, 1.807) is 0 Å². The normalized spacial score (nSPS) is 12.7. The van der Waals surface area contributed by atoms with E-state index >= 15 is 0 Å². The Labute approximate surface area is 118 Å². The maximum atomic E-state index is 11.0. The van der Waals surface area contributed by atoms with E-state index in [0.29, 0.717) is 23.8 Å². The second-order valence-electron chi connectivity index (χ2n) is 6.05. The molecule has 0 rings (SSSR count). The molecule has 0 bridgehead atoms. The highest BCUT2D eigenvalue weighted by molar-refractivity contribution is 5.86. The molecule has 0 atom stereocenters. The minimum absolute atomic E-state index is 0.527. The van der Waals surface area contributed by atoms with Gasteiger partial charge in [-0.2, -0.15) is 0 Å². The van der Waals surface area contributed by atoms with Gasteiger partial charge in [0.2, 0.25) is 0 Å². The van der Waals surface area contributed by atoms with Crippen molar-refractivity contribution in [2.24, 2.45) is 11.8 Å². The quantitative estimate of drug-likeness (QED) is 0.613. The average molecular weight is 269 g/mol. The summed E-state index contributed by atoms with van der Waals surface area (Å²) in [5.74, 6) is 0.599. The van der Waals surface area contributed by atoms with Crippen molar-refractivity contribution in [3.05, 3.63) is 11.6 Å². The Morgan fingerprint density at radius 2 is 1.58 bits per heavy atom. The molecule has 19 heavy (non-hydrogen) atoms. The summed E-state index contributed by atoms with van der Waals surface area (Å²) in [4.78, 5) is 13.4. The highest BCUT2D eigenvalue weighted by atomic mass is 16.4. The number of hydrogen-bond donors (Lipinski definition) is 1. The number of carboxylic acids is 1. The molecule has 0 saturated heterocycles. The molecular weight excluding hydrogens is 238 g/mol. The first-order valence-corrected chi connectivity index (χ1v) is 7.51. The molecule has 0 aliphatic rings. The van der Waals surface area contributed by atoms with Gasteiger partial charge in [-0.15, -0.1) is 0 Å². The van der Waals surface area contributed by atoms with Crippen LogP contribution < -0.4 is 0 Å². The van der Waals surface area contributed by atoms with Crippen LogP contribution in [0.15, 0.2) is 11.6 Å². The van der Waals surface area contributed by atoms with Gasteiger partial charge in [-0.3, -0.25) is 4.90 Å². The van der Waals surface area contributed by atoms with Gasteiger partial charge in [0.15, 0.2) is 0 Å². The van der Waals surface area contributed by atoms with E-state index in [-0.39, 0.29) is 0 Å². The summed E-state index contributed by atoms with van der Waals surface area (Å²) >= 11 is 0. The van der Waals surface area contributed by atoms with Crippen molar-refractivity contribution in [3.63, 3.8) is 0 Å². The molecule has 0 aromatic heterocycles. The standard InChI is InChI=1S/C16H31NO2/c1-6-15(16(18)19)9-12-17(10-7-13(2)3)11-8-14(4)5/h9,13-14H,6-8,10-12H2,1-5H3,(H,18,19). The lowest BCUT2D eigenvalue weighted by Crippen LogP contribution is -2.28. The Hall–Kier alpha value is -0.830. The molecule has 0 heterocycles. The van der Waals surface area contributed by atoms with Crippen LogP contribution in [-0.2, 0) is 4.79 Å². The molecule has 0 aromatic carbocycles. The topological polar surface area (TPSA) is 40.5 Å². The van der Waals surface area contributed by atoms with E-state index < -0.39 is 5.97 Å². The Balaban J connectivity index is 4.42. The molecule has 0 aliphatic carbocycles. The van der Waals surface area contributed by atoms with Crippen molar-refractivity contribution < 1.29 is 9.90 Å². The third kappa shape index (κ3) is 9.71. The van der Waals surface area contributed by atoms with Gasteiger partial charge in [0.25, 0.3) is 0 Å². The fourth-order valence-corrected chi connectivity index (χ4v) is 1.80. The van der Waals surface area contributed by atoms with E-state index in [1.807, 2.05) is 13.0 Å². The highest BCUT2D eigenvalue weighted by Crippen LogP contribution is 2.08. The highest BCUT2D eigenvalue weighted by Gasteiger charge is 2.09. The van der Waals surface area contributed by atoms with Crippen molar-refractivity contribution in [1.29, 1.82) is 0 Å². The third-order valence-electron chi connectivity index (χ3n) is 3.30. The maximum Gasteiger partial charge on any atom is 0.331 e. The summed E-state index contributed by atoms with van der Waals surface area (Å²) in [6.07, 6.45) is 4.81. The second kappa shape index (κ2) is 10.0. The minimum Gasteiger partial charge on any atom is -0.478 e. The SMILES string of the molecule is CCC(=CCN(CCC(C)C)CCC(C)C)C(=O)O. The zero-order valence-corrected chi connectivity index (χ0v) is 13.3. The predicted octanol–water partition coefficient (Wildman–Crippen LogP) is 3.80. The zero-order chi connectivity index (χ0) is 14.8. The first kappa shape index (κ1) is 18.2. The molecule has 1 N–H and O–H groups in total. The van der Waals surface area contributed by atoms with E-state index in [4.69, 9.17) is 5.11 Å². The molecule has 0 saturated carbocycles. The summed E-state index contributed by atoms with van der Waals surface area (Å²) in [7, 11) is 0. The first-order chi connectivity index (χ1) is 8.86. The Bertz CT molecular complexity index is 270. The van der Waals surface area contributed by atoms with Crippen LogP contribution in [0.1, 0.15) is 53.9 Å². The van der Waals surface area contributed by atoms with Gasteiger partial charge < -0.3 is 5.11 Å². The Kier molecular flexibility index (Phi) is 9.58. The van der Waals surface area contributed by atoms with Crippen molar-refractivity contribution in [2.75, 3.05) is 19.6 Å². The fraction of sp³-hybridized carbons (Fsp3) is 0.812. The summed E-state index contributed by atoms with van der Waals surface area (Å²) in [5.41, 5.74) is 0.527. The number of carboxylic acid groups (broad SMARTS) is 1. The molecule has 3 nitrogen and oxygen atoms in total. The van der Waals surface area contributed by atoms with E-state index in [9.17, 15) is 4.79 Å². The van der Waals surface area contributed by atoms with Crippen LogP contribution in [0, 0.1) is 11.8 Å². The van der Waals surface area contributed by atoms with Crippen LogP contribution >= 0.6 is 0 Å². The van der Waals surface area contributed by atoms with Crippen LogP contribution in [0.5, 0.6) is 0 Å².